The van der Waals surface area contributed by atoms with E-state index in [0.29, 0.717) is 17.5 Å². The number of aromatic nitrogens is 2. The summed E-state index contributed by atoms with van der Waals surface area (Å²) in [6.07, 6.45) is 0. The number of amides is 1. The van der Waals surface area contributed by atoms with Gasteiger partial charge in [-0.2, -0.15) is 0 Å². The number of rotatable bonds is 6. The third kappa shape index (κ3) is 4.78. The molecule has 7 heteroatoms. The van der Waals surface area contributed by atoms with Crippen molar-refractivity contribution in [2.75, 3.05) is 13.7 Å². The van der Waals surface area contributed by atoms with Gasteiger partial charge in [0.25, 0.3) is 5.91 Å². The highest BCUT2D eigenvalue weighted by molar-refractivity contribution is 9.10. The maximum atomic E-state index is 12.4. The molecule has 0 fully saturated rings. The van der Waals surface area contributed by atoms with Gasteiger partial charge >= 0.3 is 0 Å². The van der Waals surface area contributed by atoms with E-state index >= 15 is 0 Å². The molecular formula is C21H22BrN3O3. The highest BCUT2D eigenvalue weighted by Gasteiger charge is 2.15. The van der Waals surface area contributed by atoms with Gasteiger partial charge in [0.1, 0.15) is 5.75 Å². The lowest BCUT2D eigenvalue weighted by atomic mass is 10.1. The molecule has 2 aromatic carbocycles. The molecule has 0 atom stereocenters. The van der Waals surface area contributed by atoms with Crippen molar-refractivity contribution in [3.05, 3.63) is 63.5 Å². The minimum atomic E-state index is -0.173. The van der Waals surface area contributed by atoms with Crippen molar-refractivity contribution in [2.24, 2.45) is 0 Å². The van der Waals surface area contributed by atoms with Crippen molar-refractivity contribution in [3.63, 3.8) is 0 Å². The van der Waals surface area contributed by atoms with Crippen LogP contribution in [0.1, 0.15) is 22.6 Å². The Balaban J connectivity index is 1.58. The molecule has 0 aliphatic rings. The van der Waals surface area contributed by atoms with Gasteiger partial charge < -0.3 is 14.1 Å². The first-order valence-electron chi connectivity index (χ1n) is 8.86. The van der Waals surface area contributed by atoms with Crippen LogP contribution in [0.15, 0.2) is 45.3 Å². The van der Waals surface area contributed by atoms with Crippen LogP contribution in [-0.4, -0.2) is 34.7 Å². The minimum absolute atomic E-state index is 0.0596. The second-order valence-electron chi connectivity index (χ2n) is 6.78. The number of carbonyl (C=O) groups excluding carboxylic acids is 1. The van der Waals surface area contributed by atoms with Gasteiger partial charge in [-0.3, -0.25) is 4.79 Å². The number of nitrogens with zero attached hydrogens (tertiary/aromatic N) is 3. The monoisotopic (exact) mass is 443 g/mol. The van der Waals surface area contributed by atoms with Crippen LogP contribution in [0.4, 0.5) is 0 Å². The van der Waals surface area contributed by atoms with E-state index in [1.807, 2.05) is 57.2 Å². The van der Waals surface area contributed by atoms with Crippen LogP contribution in [0.3, 0.4) is 0 Å². The molecule has 1 heterocycles. The molecule has 28 heavy (non-hydrogen) atoms. The van der Waals surface area contributed by atoms with Crippen molar-refractivity contribution in [1.29, 1.82) is 0 Å². The van der Waals surface area contributed by atoms with Gasteiger partial charge in [0, 0.05) is 17.1 Å². The molecule has 0 radical (unpaired) electrons. The van der Waals surface area contributed by atoms with Gasteiger partial charge in [-0.25, -0.2) is 0 Å². The Hall–Kier alpha value is -2.67. The number of ether oxygens (including phenoxy) is 1. The summed E-state index contributed by atoms with van der Waals surface area (Å²) in [5.41, 5.74) is 4.13. The molecule has 3 rings (SSSR count). The maximum Gasteiger partial charge on any atom is 0.260 e. The molecular weight excluding hydrogens is 422 g/mol. The van der Waals surface area contributed by atoms with Gasteiger partial charge in [0.05, 0.1) is 6.54 Å². The van der Waals surface area contributed by atoms with Crippen molar-refractivity contribution in [1.82, 2.24) is 15.1 Å². The Labute approximate surface area is 172 Å². The zero-order chi connectivity index (χ0) is 20.3. The van der Waals surface area contributed by atoms with Crippen LogP contribution >= 0.6 is 15.9 Å². The molecule has 6 nitrogen and oxygen atoms in total. The van der Waals surface area contributed by atoms with Crippen LogP contribution < -0.4 is 4.74 Å². The predicted molar refractivity (Wildman–Crippen MR) is 110 cm³/mol. The lowest BCUT2D eigenvalue weighted by Gasteiger charge is -2.16. The average molecular weight is 444 g/mol. The molecule has 0 spiro atoms. The number of carbonyl (C=O) groups is 1. The van der Waals surface area contributed by atoms with Crippen LogP contribution in [0.5, 0.6) is 5.75 Å². The molecule has 0 N–H and O–H groups in total. The fourth-order valence-electron chi connectivity index (χ4n) is 2.67. The Morgan fingerprint density at radius 1 is 1.11 bits per heavy atom. The van der Waals surface area contributed by atoms with Gasteiger partial charge in [0.2, 0.25) is 11.8 Å². The van der Waals surface area contributed by atoms with Crippen molar-refractivity contribution in [2.45, 2.75) is 27.3 Å². The van der Waals surface area contributed by atoms with E-state index in [1.54, 1.807) is 7.05 Å². The van der Waals surface area contributed by atoms with Crippen LogP contribution in [-0.2, 0) is 11.3 Å². The third-order valence-electron chi connectivity index (χ3n) is 4.34. The van der Waals surface area contributed by atoms with E-state index < -0.39 is 0 Å². The number of likely N-dealkylation sites (N-methyl/N-ethyl adjacent to an activating group) is 1. The number of aryl methyl sites for hydroxylation is 3. The van der Waals surface area contributed by atoms with E-state index in [9.17, 15) is 4.79 Å². The fourth-order valence-corrected chi connectivity index (χ4v) is 2.90. The van der Waals surface area contributed by atoms with Gasteiger partial charge in [0.15, 0.2) is 6.61 Å². The summed E-state index contributed by atoms with van der Waals surface area (Å²) in [5, 5.41) is 8.09. The lowest BCUT2D eigenvalue weighted by molar-refractivity contribution is -0.132. The molecule has 0 aliphatic heterocycles. The topological polar surface area (TPSA) is 68.5 Å². The van der Waals surface area contributed by atoms with Crippen molar-refractivity contribution < 1.29 is 13.9 Å². The molecule has 0 saturated heterocycles. The Kier molecular flexibility index (Phi) is 6.14. The summed E-state index contributed by atoms with van der Waals surface area (Å²) < 4.78 is 12.4. The van der Waals surface area contributed by atoms with E-state index in [0.717, 1.165) is 26.7 Å². The van der Waals surface area contributed by atoms with E-state index in [1.165, 1.54) is 4.90 Å². The quantitative estimate of drug-likeness (QED) is 0.562. The Bertz CT molecular complexity index is 960. The molecule has 0 bridgehead atoms. The van der Waals surface area contributed by atoms with Gasteiger partial charge in [-0.15, -0.1) is 10.2 Å². The average Bonchev–Trinajstić information content (AvgIpc) is 3.13. The van der Waals surface area contributed by atoms with E-state index in [4.69, 9.17) is 9.15 Å². The molecule has 0 saturated carbocycles. The third-order valence-corrected chi connectivity index (χ3v) is 5.59. The molecule has 146 valence electrons. The van der Waals surface area contributed by atoms with Crippen LogP contribution in [0.2, 0.25) is 0 Å². The zero-order valence-corrected chi connectivity index (χ0v) is 17.9. The second kappa shape index (κ2) is 8.56. The summed E-state index contributed by atoms with van der Waals surface area (Å²) in [6, 6.07) is 11.6. The minimum Gasteiger partial charge on any atom is -0.484 e. The summed E-state index contributed by atoms with van der Waals surface area (Å²) in [6.45, 7) is 6.15. The molecule has 3 aromatic rings. The number of hydrogen-bond acceptors (Lipinski definition) is 5. The van der Waals surface area contributed by atoms with E-state index in [-0.39, 0.29) is 19.1 Å². The second-order valence-corrected chi connectivity index (χ2v) is 7.57. The van der Waals surface area contributed by atoms with Crippen molar-refractivity contribution in [3.8, 4) is 17.2 Å². The summed E-state index contributed by atoms with van der Waals surface area (Å²) in [4.78, 5) is 13.9. The Morgan fingerprint density at radius 2 is 1.75 bits per heavy atom. The van der Waals surface area contributed by atoms with Crippen LogP contribution in [0, 0.1) is 20.8 Å². The van der Waals surface area contributed by atoms with Crippen LogP contribution in [0.25, 0.3) is 11.5 Å². The highest BCUT2D eigenvalue weighted by atomic mass is 79.9. The first kappa shape index (κ1) is 20.1. The zero-order valence-electron chi connectivity index (χ0n) is 16.3. The molecule has 1 aromatic heterocycles. The fraction of sp³-hybridized carbons (Fsp3) is 0.286. The smallest absolute Gasteiger partial charge is 0.260 e. The summed E-state index contributed by atoms with van der Waals surface area (Å²) in [7, 11) is 1.68. The lowest BCUT2D eigenvalue weighted by Crippen LogP contribution is -2.31. The molecule has 0 unspecified atom stereocenters. The molecule has 1 amide bonds. The Morgan fingerprint density at radius 3 is 2.39 bits per heavy atom. The largest absolute Gasteiger partial charge is 0.484 e. The maximum absolute atomic E-state index is 12.4. The van der Waals surface area contributed by atoms with Crippen molar-refractivity contribution >= 4 is 21.8 Å². The first-order chi connectivity index (χ1) is 13.3. The summed E-state index contributed by atoms with van der Waals surface area (Å²) >= 11 is 3.52. The first-order valence-corrected chi connectivity index (χ1v) is 9.65. The SMILES string of the molecule is Cc1ccc(-c2nnc(CN(C)C(=O)COc3cc(C)c(Br)c(C)c3)o2)cc1. The standard InChI is InChI=1S/C21H22BrN3O3/c1-13-5-7-16(8-6-13)21-24-23-18(28-21)11-25(4)19(26)12-27-17-9-14(2)20(22)15(3)10-17/h5-10H,11-12H2,1-4H3. The number of hydrogen-bond donors (Lipinski definition) is 0. The van der Waals surface area contributed by atoms with Gasteiger partial charge in [-0.1, -0.05) is 33.6 Å². The summed E-state index contributed by atoms with van der Waals surface area (Å²) in [5.74, 6) is 1.31. The van der Waals surface area contributed by atoms with E-state index in [2.05, 4.69) is 26.1 Å². The number of halogens is 1. The predicted octanol–water partition coefficient (Wildman–Crippen LogP) is 4.46. The number of benzene rings is 2. The normalized spacial score (nSPS) is 10.8. The highest BCUT2D eigenvalue weighted by Crippen LogP contribution is 2.26. The van der Waals surface area contributed by atoms with Gasteiger partial charge in [-0.05, 0) is 56.2 Å². The molecule has 0 aliphatic carbocycles.